The van der Waals surface area contributed by atoms with E-state index in [9.17, 15) is 8.78 Å². The van der Waals surface area contributed by atoms with Gasteiger partial charge in [-0.05, 0) is 42.9 Å². The van der Waals surface area contributed by atoms with Crippen LogP contribution in [0.3, 0.4) is 0 Å². The van der Waals surface area contributed by atoms with Crippen LogP contribution in [0.25, 0.3) is 0 Å². The highest BCUT2D eigenvalue weighted by atomic mass is 19.1. The Morgan fingerprint density at radius 1 is 1.20 bits per heavy atom. The maximum Gasteiger partial charge on any atom is 0.149 e. The van der Waals surface area contributed by atoms with Gasteiger partial charge in [-0.25, -0.2) is 8.78 Å². The van der Waals surface area contributed by atoms with Gasteiger partial charge in [0.05, 0.1) is 0 Å². The molecule has 1 atom stereocenters. The summed E-state index contributed by atoms with van der Waals surface area (Å²) in [7, 11) is 1.72. The smallest absolute Gasteiger partial charge is 0.149 e. The molecular formula is C16H26F2N2. The van der Waals surface area contributed by atoms with Gasteiger partial charge < -0.3 is 10.6 Å². The van der Waals surface area contributed by atoms with Crippen molar-refractivity contribution in [3.8, 4) is 0 Å². The summed E-state index contributed by atoms with van der Waals surface area (Å²) in [4.78, 5) is 1.65. The molecule has 114 valence electrons. The van der Waals surface area contributed by atoms with E-state index in [1.54, 1.807) is 11.9 Å². The molecule has 0 spiro atoms. The third-order valence-corrected chi connectivity index (χ3v) is 3.52. The predicted octanol–water partition coefficient (Wildman–Crippen LogP) is 3.73. The first-order valence-corrected chi connectivity index (χ1v) is 7.29. The highest BCUT2D eigenvalue weighted by Gasteiger charge is 2.16. The molecule has 0 amide bonds. The van der Waals surface area contributed by atoms with Crippen molar-refractivity contribution in [1.29, 1.82) is 0 Å². The molecule has 2 N–H and O–H groups in total. The Kier molecular flexibility index (Phi) is 6.40. The van der Waals surface area contributed by atoms with E-state index < -0.39 is 11.6 Å². The van der Waals surface area contributed by atoms with Crippen LogP contribution in [-0.2, 0) is 6.42 Å². The van der Waals surface area contributed by atoms with Crippen molar-refractivity contribution in [2.24, 2.45) is 11.7 Å². The number of anilines is 1. The molecule has 0 aliphatic rings. The Balaban J connectivity index is 2.88. The molecule has 1 aromatic carbocycles. The number of nitrogens with two attached hydrogens (primary N) is 1. The Hall–Kier alpha value is -1.16. The van der Waals surface area contributed by atoms with Gasteiger partial charge in [-0.3, -0.25) is 0 Å². The van der Waals surface area contributed by atoms with Crippen molar-refractivity contribution in [3.63, 3.8) is 0 Å². The molecule has 4 heteroatoms. The van der Waals surface area contributed by atoms with E-state index in [4.69, 9.17) is 5.73 Å². The minimum Gasteiger partial charge on any atom is -0.370 e. The molecule has 0 aliphatic carbocycles. The van der Waals surface area contributed by atoms with E-state index in [1.165, 1.54) is 12.1 Å². The lowest BCUT2D eigenvalue weighted by molar-refractivity contribution is 0.548. The maximum absolute atomic E-state index is 14.1. The molecule has 1 unspecified atom stereocenters. The lowest BCUT2D eigenvalue weighted by Gasteiger charge is -2.22. The second-order valence-corrected chi connectivity index (χ2v) is 5.88. The van der Waals surface area contributed by atoms with Crippen molar-refractivity contribution in [2.45, 2.75) is 46.1 Å². The van der Waals surface area contributed by atoms with Crippen LogP contribution in [0.1, 0.15) is 39.2 Å². The third-order valence-electron chi connectivity index (χ3n) is 3.52. The van der Waals surface area contributed by atoms with Crippen LogP contribution in [0.2, 0.25) is 0 Å². The molecule has 0 aromatic heterocycles. The lowest BCUT2D eigenvalue weighted by atomic mass is 10.0. The highest BCUT2D eigenvalue weighted by molar-refractivity contribution is 5.50. The van der Waals surface area contributed by atoms with Crippen molar-refractivity contribution in [3.05, 3.63) is 29.3 Å². The monoisotopic (exact) mass is 284 g/mol. The molecule has 1 aromatic rings. The van der Waals surface area contributed by atoms with E-state index in [2.05, 4.69) is 13.8 Å². The summed E-state index contributed by atoms with van der Waals surface area (Å²) in [6.45, 7) is 6.79. The summed E-state index contributed by atoms with van der Waals surface area (Å²) < 4.78 is 28.2. The minimum absolute atomic E-state index is 0.0551. The van der Waals surface area contributed by atoms with Gasteiger partial charge in [0.2, 0.25) is 0 Å². The molecule has 0 radical (unpaired) electrons. The first kappa shape index (κ1) is 16.9. The number of nitrogens with zero attached hydrogens (tertiary/aromatic N) is 1. The van der Waals surface area contributed by atoms with E-state index in [-0.39, 0.29) is 11.7 Å². The third kappa shape index (κ3) is 4.75. The summed E-state index contributed by atoms with van der Waals surface area (Å²) in [5, 5.41) is 0. The van der Waals surface area contributed by atoms with Gasteiger partial charge in [0.15, 0.2) is 0 Å². The molecule has 20 heavy (non-hydrogen) atoms. The molecule has 0 bridgehead atoms. The zero-order valence-corrected chi connectivity index (χ0v) is 12.9. The van der Waals surface area contributed by atoms with Gasteiger partial charge in [-0.15, -0.1) is 0 Å². The minimum atomic E-state index is -0.505. The van der Waals surface area contributed by atoms with Crippen molar-refractivity contribution < 1.29 is 8.78 Å². The van der Waals surface area contributed by atoms with E-state index in [0.717, 1.165) is 12.8 Å². The average molecular weight is 284 g/mol. The Bertz CT molecular complexity index is 409. The van der Waals surface area contributed by atoms with Gasteiger partial charge in [-0.1, -0.05) is 20.8 Å². The first-order valence-electron chi connectivity index (χ1n) is 7.29. The zero-order valence-electron chi connectivity index (χ0n) is 12.9. The molecular weight excluding hydrogens is 258 g/mol. The van der Waals surface area contributed by atoms with Gasteiger partial charge in [-0.2, -0.15) is 0 Å². The Labute approximate surface area is 121 Å². The average Bonchev–Trinajstić information content (AvgIpc) is 2.35. The zero-order chi connectivity index (χ0) is 15.3. The standard InChI is InChI=1S/C16H26F2N2/c1-5-13(19)8-12-9-14(17)16(15(18)10-12)20(4)7-6-11(2)3/h9-11,13H,5-8,19H2,1-4H3. The summed E-state index contributed by atoms with van der Waals surface area (Å²) in [6, 6.07) is 2.75. The summed E-state index contributed by atoms with van der Waals surface area (Å²) in [5.74, 6) is -0.505. The van der Waals surface area contributed by atoms with E-state index in [0.29, 0.717) is 24.4 Å². The quantitative estimate of drug-likeness (QED) is 0.826. The van der Waals surface area contributed by atoms with Crippen molar-refractivity contribution >= 4 is 5.69 Å². The molecule has 0 saturated carbocycles. The van der Waals surface area contributed by atoms with Crippen LogP contribution in [-0.4, -0.2) is 19.6 Å². The SMILES string of the molecule is CCC(N)Cc1cc(F)c(N(C)CCC(C)C)c(F)c1. The van der Waals surface area contributed by atoms with Crippen LogP contribution in [0, 0.1) is 17.6 Å². The molecule has 0 fully saturated rings. The number of hydrogen-bond acceptors (Lipinski definition) is 2. The fraction of sp³-hybridized carbons (Fsp3) is 0.625. The number of rotatable bonds is 7. The van der Waals surface area contributed by atoms with Gasteiger partial charge >= 0.3 is 0 Å². The Morgan fingerprint density at radius 3 is 2.20 bits per heavy atom. The second kappa shape index (κ2) is 7.58. The first-order chi connectivity index (χ1) is 9.35. The fourth-order valence-electron chi connectivity index (χ4n) is 2.11. The molecule has 0 heterocycles. The van der Waals surface area contributed by atoms with Crippen molar-refractivity contribution in [1.82, 2.24) is 0 Å². The van der Waals surface area contributed by atoms with Crippen LogP contribution in [0.15, 0.2) is 12.1 Å². The maximum atomic E-state index is 14.1. The Morgan fingerprint density at radius 2 is 1.75 bits per heavy atom. The molecule has 2 nitrogen and oxygen atoms in total. The largest absolute Gasteiger partial charge is 0.370 e. The van der Waals surface area contributed by atoms with Crippen LogP contribution in [0.4, 0.5) is 14.5 Å². The summed E-state index contributed by atoms with van der Waals surface area (Å²) >= 11 is 0. The number of benzene rings is 1. The lowest BCUT2D eigenvalue weighted by Crippen LogP contribution is -2.24. The van der Waals surface area contributed by atoms with Crippen LogP contribution >= 0.6 is 0 Å². The molecule has 0 saturated heterocycles. The normalized spacial score (nSPS) is 12.8. The van der Waals surface area contributed by atoms with Crippen LogP contribution in [0.5, 0.6) is 0 Å². The van der Waals surface area contributed by atoms with E-state index in [1.807, 2.05) is 6.92 Å². The summed E-state index contributed by atoms with van der Waals surface area (Å²) in [5.41, 5.74) is 6.50. The molecule has 1 rings (SSSR count). The highest BCUT2D eigenvalue weighted by Crippen LogP contribution is 2.25. The van der Waals surface area contributed by atoms with Gasteiger partial charge in [0.1, 0.15) is 17.3 Å². The number of halogens is 2. The second-order valence-electron chi connectivity index (χ2n) is 5.88. The van der Waals surface area contributed by atoms with Crippen molar-refractivity contribution in [2.75, 3.05) is 18.5 Å². The van der Waals surface area contributed by atoms with Gasteiger partial charge in [0.25, 0.3) is 0 Å². The van der Waals surface area contributed by atoms with E-state index >= 15 is 0 Å². The van der Waals surface area contributed by atoms with Gasteiger partial charge in [0, 0.05) is 19.6 Å². The fourth-order valence-corrected chi connectivity index (χ4v) is 2.11. The predicted molar refractivity (Wildman–Crippen MR) is 81.1 cm³/mol. The topological polar surface area (TPSA) is 29.3 Å². The summed E-state index contributed by atoms with van der Waals surface area (Å²) in [6.07, 6.45) is 2.19. The van der Waals surface area contributed by atoms with Crippen LogP contribution < -0.4 is 10.6 Å². The molecule has 0 aliphatic heterocycles. The number of hydrogen-bond donors (Lipinski definition) is 1.